The molecule has 1 atom stereocenters. The summed E-state index contributed by atoms with van der Waals surface area (Å²) in [5, 5.41) is 5.50. The van der Waals surface area contributed by atoms with Gasteiger partial charge in [0.25, 0.3) is 0 Å². The zero-order valence-corrected chi connectivity index (χ0v) is 15.1. The van der Waals surface area contributed by atoms with E-state index >= 15 is 0 Å². The first-order chi connectivity index (χ1) is 12.7. The van der Waals surface area contributed by atoms with E-state index in [0.29, 0.717) is 17.7 Å². The number of benzene rings is 2. The van der Waals surface area contributed by atoms with Gasteiger partial charge in [0.05, 0.1) is 18.0 Å². The molecule has 0 heterocycles. The van der Waals surface area contributed by atoms with Crippen LogP contribution in [0.3, 0.4) is 0 Å². The lowest BCUT2D eigenvalue weighted by Gasteiger charge is -2.15. The predicted octanol–water partition coefficient (Wildman–Crippen LogP) is 4.47. The third-order valence-corrected chi connectivity index (χ3v) is 4.01. The Morgan fingerprint density at radius 2 is 1.70 bits per heavy atom. The molecule has 0 saturated carbocycles. The Hall–Kier alpha value is -2.83. The molecule has 0 aromatic heterocycles. The lowest BCUT2D eigenvalue weighted by molar-refractivity contribution is -0.137. The molecular weight excluding hydrogens is 357 g/mol. The zero-order valence-electron chi connectivity index (χ0n) is 15.1. The van der Waals surface area contributed by atoms with Crippen molar-refractivity contribution in [2.45, 2.75) is 38.9 Å². The lowest BCUT2D eigenvalue weighted by atomic mass is 10.1. The van der Waals surface area contributed by atoms with Crippen molar-refractivity contribution >= 4 is 17.5 Å². The zero-order chi connectivity index (χ0) is 20.0. The van der Waals surface area contributed by atoms with E-state index < -0.39 is 11.7 Å². The van der Waals surface area contributed by atoms with E-state index in [1.165, 1.54) is 12.1 Å². The first-order valence-electron chi connectivity index (χ1n) is 8.54. The molecule has 7 heteroatoms. The van der Waals surface area contributed by atoms with Crippen LogP contribution in [-0.2, 0) is 22.2 Å². The number of alkyl halides is 3. The van der Waals surface area contributed by atoms with Crippen molar-refractivity contribution in [1.29, 1.82) is 0 Å². The molecule has 2 aromatic carbocycles. The summed E-state index contributed by atoms with van der Waals surface area (Å²) in [5.41, 5.74) is 1.01. The second-order valence-corrected chi connectivity index (χ2v) is 6.19. The lowest BCUT2D eigenvalue weighted by Crippen LogP contribution is -2.28. The predicted molar refractivity (Wildman–Crippen MR) is 97.1 cm³/mol. The fourth-order valence-corrected chi connectivity index (χ4v) is 2.52. The second kappa shape index (κ2) is 8.70. The summed E-state index contributed by atoms with van der Waals surface area (Å²) >= 11 is 0. The first kappa shape index (κ1) is 20.5. The van der Waals surface area contributed by atoms with Gasteiger partial charge in [-0.2, -0.15) is 13.2 Å². The Kier molecular flexibility index (Phi) is 6.60. The summed E-state index contributed by atoms with van der Waals surface area (Å²) < 4.78 is 38.2. The number of halogens is 3. The van der Waals surface area contributed by atoms with Gasteiger partial charge in [-0.3, -0.25) is 9.59 Å². The van der Waals surface area contributed by atoms with Crippen LogP contribution in [0.15, 0.2) is 48.5 Å². The van der Waals surface area contributed by atoms with Crippen LogP contribution < -0.4 is 10.6 Å². The summed E-state index contributed by atoms with van der Waals surface area (Å²) in [7, 11) is 0. The van der Waals surface area contributed by atoms with Crippen molar-refractivity contribution in [3.8, 4) is 0 Å². The first-order valence-corrected chi connectivity index (χ1v) is 8.54. The molecule has 0 aliphatic carbocycles. The van der Waals surface area contributed by atoms with Crippen molar-refractivity contribution < 1.29 is 22.8 Å². The van der Waals surface area contributed by atoms with E-state index in [1.54, 1.807) is 38.1 Å². The summed E-state index contributed by atoms with van der Waals surface area (Å²) in [5.74, 6) is -0.463. The van der Waals surface area contributed by atoms with Crippen LogP contribution in [0, 0.1) is 0 Å². The molecular formula is C20H21F3N2O2. The molecule has 144 valence electrons. The Morgan fingerprint density at radius 3 is 2.30 bits per heavy atom. The van der Waals surface area contributed by atoms with Crippen molar-refractivity contribution in [2.75, 3.05) is 5.32 Å². The Balaban J connectivity index is 1.96. The van der Waals surface area contributed by atoms with Gasteiger partial charge in [0, 0.05) is 12.1 Å². The summed E-state index contributed by atoms with van der Waals surface area (Å²) in [4.78, 5) is 23.5. The van der Waals surface area contributed by atoms with Gasteiger partial charge in [0.2, 0.25) is 11.8 Å². The maximum Gasteiger partial charge on any atom is 0.416 e. The molecule has 27 heavy (non-hydrogen) atoms. The highest BCUT2D eigenvalue weighted by atomic mass is 19.4. The molecule has 0 radical (unpaired) electrons. The number of rotatable bonds is 6. The Labute approximate surface area is 155 Å². The smallest absolute Gasteiger partial charge is 0.349 e. The maximum absolute atomic E-state index is 12.7. The van der Waals surface area contributed by atoms with Crippen LogP contribution in [0.5, 0.6) is 0 Å². The van der Waals surface area contributed by atoms with E-state index in [-0.39, 0.29) is 24.3 Å². The van der Waals surface area contributed by atoms with E-state index in [2.05, 4.69) is 10.6 Å². The minimum Gasteiger partial charge on any atom is -0.349 e. The van der Waals surface area contributed by atoms with Crippen molar-refractivity contribution in [3.05, 3.63) is 65.2 Å². The number of amides is 2. The average Bonchev–Trinajstić information content (AvgIpc) is 2.61. The van der Waals surface area contributed by atoms with Crippen LogP contribution in [-0.4, -0.2) is 11.8 Å². The fraction of sp³-hybridized carbons (Fsp3) is 0.300. The minimum absolute atomic E-state index is 0.0924. The Morgan fingerprint density at radius 1 is 1.04 bits per heavy atom. The molecule has 1 unspecified atom stereocenters. The molecule has 0 saturated heterocycles. The van der Waals surface area contributed by atoms with E-state index in [4.69, 9.17) is 0 Å². The molecule has 2 rings (SSSR count). The molecule has 0 aliphatic heterocycles. The Bertz CT molecular complexity index is 802. The summed E-state index contributed by atoms with van der Waals surface area (Å²) in [6.07, 6.45) is -4.20. The average molecular weight is 378 g/mol. The standard InChI is InChI=1S/C20H21F3N2O2/c1-3-18(26)25-17-9-7-15(8-10-17)13(2)24-19(27)12-14-5-4-6-16(11-14)20(21,22)23/h4-11,13H,3,12H2,1-2H3,(H,24,27)(H,25,26). The van der Waals surface area contributed by atoms with E-state index in [1.807, 2.05) is 0 Å². The second-order valence-electron chi connectivity index (χ2n) is 6.19. The normalized spacial score (nSPS) is 12.3. The largest absolute Gasteiger partial charge is 0.416 e. The van der Waals surface area contributed by atoms with Crippen LogP contribution in [0.2, 0.25) is 0 Å². The van der Waals surface area contributed by atoms with Gasteiger partial charge >= 0.3 is 6.18 Å². The molecule has 0 fully saturated rings. The minimum atomic E-state index is -4.44. The van der Waals surface area contributed by atoms with E-state index in [9.17, 15) is 22.8 Å². The molecule has 0 spiro atoms. The van der Waals surface area contributed by atoms with Gasteiger partial charge in [-0.05, 0) is 36.2 Å². The molecule has 2 N–H and O–H groups in total. The number of nitrogens with one attached hydrogen (secondary N) is 2. The molecule has 4 nitrogen and oxygen atoms in total. The van der Waals surface area contributed by atoms with Crippen LogP contribution in [0.4, 0.5) is 18.9 Å². The van der Waals surface area contributed by atoms with Crippen LogP contribution in [0.25, 0.3) is 0 Å². The van der Waals surface area contributed by atoms with E-state index in [0.717, 1.165) is 17.7 Å². The van der Waals surface area contributed by atoms with Crippen LogP contribution >= 0.6 is 0 Å². The quantitative estimate of drug-likeness (QED) is 0.779. The fourth-order valence-electron chi connectivity index (χ4n) is 2.52. The SMILES string of the molecule is CCC(=O)Nc1ccc(C(C)NC(=O)Cc2cccc(C(F)(F)F)c2)cc1. The van der Waals surface area contributed by atoms with Crippen molar-refractivity contribution in [2.24, 2.45) is 0 Å². The third-order valence-electron chi connectivity index (χ3n) is 4.01. The number of carbonyl (C=O) groups excluding carboxylic acids is 2. The third kappa shape index (κ3) is 6.13. The van der Waals surface area contributed by atoms with Gasteiger partial charge in [-0.15, -0.1) is 0 Å². The maximum atomic E-state index is 12.7. The monoisotopic (exact) mass is 378 g/mol. The molecule has 0 bridgehead atoms. The highest BCUT2D eigenvalue weighted by molar-refractivity contribution is 5.90. The number of hydrogen-bond acceptors (Lipinski definition) is 2. The number of carbonyl (C=O) groups is 2. The molecule has 0 aliphatic rings. The van der Waals surface area contributed by atoms with Gasteiger partial charge in [0.1, 0.15) is 0 Å². The highest BCUT2D eigenvalue weighted by Crippen LogP contribution is 2.29. The summed E-state index contributed by atoms with van der Waals surface area (Å²) in [6, 6.07) is 11.4. The van der Waals surface area contributed by atoms with Gasteiger partial charge < -0.3 is 10.6 Å². The van der Waals surface area contributed by atoms with Crippen molar-refractivity contribution in [1.82, 2.24) is 5.32 Å². The highest BCUT2D eigenvalue weighted by Gasteiger charge is 2.30. The van der Waals surface area contributed by atoms with Crippen LogP contribution in [0.1, 0.15) is 43.0 Å². The number of hydrogen-bond donors (Lipinski definition) is 2. The van der Waals surface area contributed by atoms with Gasteiger partial charge in [0.15, 0.2) is 0 Å². The van der Waals surface area contributed by atoms with Crippen molar-refractivity contribution in [3.63, 3.8) is 0 Å². The van der Waals surface area contributed by atoms with Gasteiger partial charge in [-0.1, -0.05) is 37.3 Å². The topological polar surface area (TPSA) is 58.2 Å². The molecule has 2 aromatic rings. The van der Waals surface area contributed by atoms with Gasteiger partial charge in [-0.25, -0.2) is 0 Å². The number of anilines is 1. The summed E-state index contributed by atoms with van der Waals surface area (Å²) in [6.45, 7) is 3.54. The molecule has 2 amide bonds.